The van der Waals surface area contributed by atoms with E-state index in [0.29, 0.717) is 0 Å². The summed E-state index contributed by atoms with van der Waals surface area (Å²) in [4.78, 5) is 0. The van der Waals surface area contributed by atoms with Crippen molar-refractivity contribution in [2.75, 3.05) is 6.54 Å². The van der Waals surface area contributed by atoms with Crippen molar-refractivity contribution < 1.29 is 5.11 Å². The third-order valence-corrected chi connectivity index (χ3v) is 1.30. The molecule has 0 amide bonds. The normalized spacial score (nSPS) is 13.7. The van der Waals surface area contributed by atoms with Crippen molar-refractivity contribution in [3.05, 3.63) is 0 Å². The van der Waals surface area contributed by atoms with Gasteiger partial charge in [0.05, 0.1) is 0 Å². The molecule has 0 heterocycles. The van der Waals surface area contributed by atoms with Crippen LogP contribution in [0.25, 0.3) is 0 Å². The Morgan fingerprint density at radius 2 is 2.11 bits per heavy atom. The summed E-state index contributed by atoms with van der Waals surface area (Å²) in [5.74, 6) is 0. The smallest absolute Gasteiger partial charge is 0.104 e. The van der Waals surface area contributed by atoms with Crippen LogP contribution in [0.3, 0.4) is 0 Å². The molecule has 9 heavy (non-hydrogen) atoms. The fraction of sp³-hybridized carbons (Fsp3) is 1.00. The predicted octanol–water partition coefficient (Wildman–Crippen LogP) is 1.10. The third-order valence-electron chi connectivity index (χ3n) is 1.30. The highest BCUT2D eigenvalue weighted by Crippen LogP contribution is 1.86. The van der Waals surface area contributed by atoms with E-state index in [1.807, 2.05) is 6.92 Å². The number of hydrogen-bond acceptors (Lipinski definition) is 2. The maximum absolute atomic E-state index is 8.97. The first-order valence-corrected chi connectivity index (χ1v) is 3.72. The van der Waals surface area contributed by atoms with Gasteiger partial charge in [0.15, 0.2) is 0 Å². The molecular formula is C7H17NO. The average Bonchev–Trinajstić information content (AvgIpc) is 1.89. The molecule has 0 saturated heterocycles. The van der Waals surface area contributed by atoms with Crippen molar-refractivity contribution in [3.63, 3.8) is 0 Å². The molecule has 56 valence electrons. The molecule has 2 nitrogen and oxygen atoms in total. The molecule has 0 aromatic rings. The van der Waals surface area contributed by atoms with E-state index in [9.17, 15) is 0 Å². The average molecular weight is 131 g/mol. The summed E-state index contributed by atoms with van der Waals surface area (Å²) < 4.78 is 0. The predicted molar refractivity (Wildman–Crippen MR) is 39.2 cm³/mol. The van der Waals surface area contributed by atoms with Crippen molar-refractivity contribution in [1.82, 2.24) is 5.32 Å². The van der Waals surface area contributed by atoms with Crippen LogP contribution in [-0.2, 0) is 0 Å². The zero-order chi connectivity index (χ0) is 7.11. The van der Waals surface area contributed by atoms with E-state index in [4.69, 9.17) is 5.11 Å². The van der Waals surface area contributed by atoms with E-state index in [-0.39, 0.29) is 6.23 Å². The summed E-state index contributed by atoms with van der Waals surface area (Å²) in [6.45, 7) is 5.04. The van der Waals surface area contributed by atoms with Crippen LogP contribution >= 0.6 is 0 Å². The Morgan fingerprint density at radius 3 is 2.56 bits per heavy atom. The largest absolute Gasteiger partial charge is 0.379 e. The molecule has 1 unspecified atom stereocenters. The Balaban J connectivity index is 2.88. The van der Waals surface area contributed by atoms with E-state index in [1.54, 1.807) is 0 Å². The van der Waals surface area contributed by atoms with Gasteiger partial charge in [-0.05, 0) is 19.4 Å². The van der Waals surface area contributed by atoms with Gasteiger partial charge in [-0.3, -0.25) is 5.32 Å². The molecule has 0 spiro atoms. The second kappa shape index (κ2) is 6.05. The van der Waals surface area contributed by atoms with Gasteiger partial charge in [-0.2, -0.15) is 0 Å². The molecular weight excluding hydrogens is 114 g/mol. The molecule has 0 aliphatic heterocycles. The van der Waals surface area contributed by atoms with Gasteiger partial charge in [0.25, 0.3) is 0 Å². The highest BCUT2D eigenvalue weighted by molar-refractivity contribution is 4.48. The molecule has 2 heteroatoms. The Morgan fingerprint density at radius 1 is 1.44 bits per heavy atom. The van der Waals surface area contributed by atoms with Crippen molar-refractivity contribution >= 4 is 0 Å². The lowest BCUT2D eigenvalue weighted by molar-refractivity contribution is 0.133. The number of nitrogens with one attached hydrogen (secondary N) is 1. The maximum atomic E-state index is 8.97. The first kappa shape index (κ1) is 8.92. The minimum Gasteiger partial charge on any atom is -0.379 e. The topological polar surface area (TPSA) is 32.3 Å². The van der Waals surface area contributed by atoms with Gasteiger partial charge in [-0.15, -0.1) is 0 Å². The second-order valence-corrected chi connectivity index (χ2v) is 2.23. The van der Waals surface area contributed by atoms with Crippen molar-refractivity contribution in [2.24, 2.45) is 0 Å². The highest BCUT2D eigenvalue weighted by Gasteiger charge is 1.95. The Labute approximate surface area is 57.3 Å². The molecule has 0 rings (SSSR count). The lowest BCUT2D eigenvalue weighted by Crippen LogP contribution is -2.28. The summed E-state index contributed by atoms with van der Waals surface area (Å²) in [6, 6.07) is 0. The second-order valence-electron chi connectivity index (χ2n) is 2.23. The van der Waals surface area contributed by atoms with Gasteiger partial charge in [0, 0.05) is 0 Å². The Bertz CT molecular complexity index is 56.9. The minimum atomic E-state index is -0.295. The van der Waals surface area contributed by atoms with Gasteiger partial charge < -0.3 is 5.11 Å². The number of aliphatic hydroxyl groups excluding tert-OH is 1. The standard InChI is InChI=1S/C7H17NO/c1-3-5-6-8-7(9)4-2/h7-9H,3-6H2,1-2H3. The lowest BCUT2D eigenvalue weighted by atomic mass is 10.3. The zero-order valence-electron chi connectivity index (χ0n) is 6.35. The van der Waals surface area contributed by atoms with Gasteiger partial charge in [0.2, 0.25) is 0 Å². The van der Waals surface area contributed by atoms with Crippen molar-refractivity contribution in [2.45, 2.75) is 39.3 Å². The van der Waals surface area contributed by atoms with Crippen molar-refractivity contribution in [3.8, 4) is 0 Å². The van der Waals surface area contributed by atoms with Crippen LogP contribution in [0.2, 0.25) is 0 Å². The van der Waals surface area contributed by atoms with Crippen LogP contribution in [0.15, 0.2) is 0 Å². The Kier molecular flexibility index (Phi) is 5.99. The van der Waals surface area contributed by atoms with Gasteiger partial charge >= 0.3 is 0 Å². The first-order valence-electron chi connectivity index (χ1n) is 3.72. The molecule has 0 aromatic carbocycles. The van der Waals surface area contributed by atoms with Crippen LogP contribution in [0.4, 0.5) is 0 Å². The molecule has 2 N–H and O–H groups in total. The molecule has 0 radical (unpaired) electrons. The lowest BCUT2D eigenvalue weighted by Gasteiger charge is -2.08. The SMILES string of the molecule is CCCCNC(O)CC. The van der Waals surface area contributed by atoms with Gasteiger partial charge in [0.1, 0.15) is 6.23 Å². The minimum absolute atomic E-state index is 0.295. The van der Waals surface area contributed by atoms with E-state index < -0.39 is 0 Å². The maximum Gasteiger partial charge on any atom is 0.104 e. The molecule has 0 saturated carbocycles. The van der Waals surface area contributed by atoms with Crippen molar-refractivity contribution in [1.29, 1.82) is 0 Å². The molecule has 1 atom stereocenters. The fourth-order valence-corrected chi connectivity index (χ4v) is 0.590. The van der Waals surface area contributed by atoms with E-state index in [2.05, 4.69) is 12.2 Å². The molecule has 0 fully saturated rings. The Hall–Kier alpha value is -0.0800. The van der Waals surface area contributed by atoms with Crippen LogP contribution < -0.4 is 5.32 Å². The third kappa shape index (κ3) is 5.80. The summed E-state index contributed by atoms with van der Waals surface area (Å²) >= 11 is 0. The quantitative estimate of drug-likeness (QED) is 0.432. The van der Waals surface area contributed by atoms with E-state index >= 15 is 0 Å². The number of aliphatic hydroxyl groups is 1. The first-order chi connectivity index (χ1) is 4.31. The van der Waals surface area contributed by atoms with Crippen LogP contribution in [0.1, 0.15) is 33.1 Å². The molecule has 0 aliphatic rings. The summed E-state index contributed by atoms with van der Waals surface area (Å²) in [7, 11) is 0. The van der Waals surface area contributed by atoms with Crippen LogP contribution in [0.5, 0.6) is 0 Å². The fourth-order valence-electron chi connectivity index (χ4n) is 0.590. The molecule has 0 bridgehead atoms. The molecule has 0 aliphatic carbocycles. The monoisotopic (exact) mass is 131 g/mol. The van der Waals surface area contributed by atoms with Crippen LogP contribution in [0, 0.1) is 0 Å². The number of rotatable bonds is 5. The van der Waals surface area contributed by atoms with E-state index in [0.717, 1.165) is 19.4 Å². The number of unbranched alkanes of at least 4 members (excludes halogenated alkanes) is 1. The van der Waals surface area contributed by atoms with Crippen LogP contribution in [-0.4, -0.2) is 17.9 Å². The van der Waals surface area contributed by atoms with E-state index in [1.165, 1.54) is 6.42 Å². The zero-order valence-corrected chi connectivity index (χ0v) is 6.35. The summed E-state index contributed by atoms with van der Waals surface area (Å²) in [5, 5.41) is 12.0. The highest BCUT2D eigenvalue weighted by atomic mass is 16.3. The molecule has 0 aromatic heterocycles. The number of hydrogen-bond donors (Lipinski definition) is 2. The summed E-state index contributed by atoms with van der Waals surface area (Å²) in [5.41, 5.74) is 0. The van der Waals surface area contributed by atoms with Gasteiger partial charge in [-0.1, -0.05) is 20.3 Å². The van der Waals surface area contributed by atoms with Gasteiger partial charge in [-0.25, -0.2) is 0 Å². The summed E-state index contributed by atoms with van der Waals surface area (Å²) in [6.07, 6.45) is 2.83.